The molecule has 0 aromatic heterocycles. The number of hydrogen-bond donors (Lipinski definition) is 1. The molecule has 0 heterocycles. The largest absolute Gasteiger partial charge is 0.306 e. The maximum absolute atomic E-state index is 3.70. The Kier molecular flexibility index (Phi) is 5.64. The van der Waals surface area contributed by atoms with Crippen LogP contribution in [0.3, 0.4) is 0 Å². The summed E-state index contributed by atoms with van der Waals surface area (Å²) in [7, 11) is 0. The molecule has 0 bridgehead atoms. The van der Waals surface area contributed by atoms with Crippen LogP contribution in [0, 0.1) is 17.4 Å². The van der Waals surface area contributed by atoms with Crippen molar-refractivity contribution in [1.82, 2.24) is 5.32 Å². The lowest BCUT2D eigenvalue weighted by Gasteiger charge is -2.23. The van der Waals surface area contributed by atoms with Crippen molar-refractivity contribution < 1.29 is 0 Å². The Morgan fingerprint density at radius 2 is 1.85 bits per heavy atom. The van der Waals surface area contributed by atoms with Crippen molar-refractivity contribution in [3.63, 3.8) is 0 Å². The van der Waals surface area contributed by atoms with Gasteiger partial charge in [0.2, 0.25) is 0 Å². The SMILES string of the molecule is CCNC(c1cc(C)ccc1C)c1cc(I)ccc1Br. The summed E-state index contributed by atoms with van der Waals surface area (Å²) < 4.78 is 2.42. The summed E-state index contributed by atoms with van der Waals surface area (Å²) in [5.41, 5.74) is 5.28. The van der Waals surface area contributed by atoms with Crippen molar-refractivity contribution in [2.75, 3.05) is 6.54 Å². The average molecular weight is 444 g/mol. The van der Waals surface area contributed by atoms with E-state index >= 15 is 0 Å². The number of nitrogens with one attached hydrogen (secondary N) is 1. The molecule has 0 radical (unpaired) electrons. The Morgan fingerprint density at radius 3 is 2.55 bits per heavy atom. The van der Waals surface area contributed by atoms with Crippen LogP contribution in [-0.2, 0) is 0 Å². The Hall–Kier alpha value is -0.390. The van der Waals surface area contributed by atoms with E-state index in [4.69, 9.17) is 0 Å². The molecule has 20 heavy (non-hydrogen) atoms. The van der Waals surface area contributed by atoms with Crippen LogP contribution in [0.25, 0.3) is 0 Å². The molecule has 2 aromatic rings. The van der Waals surface area contributed by atoms with Crippen LogP contribution < -0.4 is 5.32 Å². The molecule has 2 rings (SSSR count). The molecular formula is C17H19BrIN. The van der Waals surface area contributed by atoms with E-state index in [1.807, 2.05) is 0 Å². The highest BCUT2D eigenvalue weighted by Gasteiger charge is 2.18. The first-order valence-electron chi connectivity index (χ1n) is 6.78. The predicted octanol–water partition coefficient (Wildman–Crippen LogP) is 5.37. The maximum Gasteiger partial charge on any atom is 0.0590 e. The van der Waals surface area contributed by atoms with Gasteiger partial charge in [-0.2, -0.15) is 0 Å². The van der Waals surface area contributed by atoms with E-state index in [1.54, 1.807) is 0 Å². The third-order valence-corrected chi connectivity index (χ3v) is 4.82. The van der Waals surface area contributed by atoms with Gasteiger partial charge in [0.05, 0.1) is 6.04 Å². The molecular weight excluding hydrogens is 425 g/mol. The highest BCUT2D eigenvalue weighted by molar-refractivity contribution is 14.1. The third-order valence-electron chi connectivity index (χ3n) is 3.42. The minimum atomic E-state index is 0.226. The molecule has 3 heteroatoms. The normalized spacial score (nSPS) is 12.4. The van der Waals surface area contributed by atoms with Crippen LogP contribution in [-0.4, -0.2) is 6.54 Å². The molecule has 0 spiro atoms. The van der Waals surface area contributed by atoms with E-state index in [-0.39, 0.29) is 6.04 Å². The van der Waals surface area contributed by atoms with Gasteiger partial charge >= 0.3 is 0 Å². The van der Waals surface area contributed by atoms with Gasteiger partial charge in [-0.25, -0.2) is 0 Å². The molecule has 0 aliphatic carbocycles. The van der Waals surface area contributed by atoms with Gasteiger partial charge in [-0.05, 0) is 77.9 Å². The number of benzene rings is 2. The van der Waals surface area contributed by atoms with Crippen LogP contribution in [0.15, 0.2) is 40.9 Å². The van der Waals surface area contributed by atoms with Gasteiger partial charge in [0.1, 0.15) is 0 Å². The summed E-state index contributed by atoms with van der Waals surface area (Å²) in [5, 5.41) is 3.62. The zero-order chi connectivity index (χ0) is 14.7. The van der Waals surface area contributed by atoms with Gasteiger partial charge in [-0.15, -0.1) is 0 Å². The molecule has 2 aromatic carbocycles. The fraction of sp³-hybridized carbons (Fsp3) is 0.294. The smallest absolute Gasteiger partial charge is 0.0590 e. The first-order valence-corrected chi connectivity index (χ1v) is 8.65. The molecule has 0 aliphatic heterocycles. The van der Waals surface area contributed by atoms with Crippen molar-refractivity contribution >= 4 is 38.5 Å². The van der Waals surface area contributed by atoms with Crippen molar-refractivity contribution in [2.45, 2.75) is 26.8 Å². The second-order valence-electron chi connectivity index (χ2n) is 5.02. The summed E-state index contributed by atoms with van der Waals surface area (Å²) >= 11 is 6.07. The fourth-order valence-electron chi connectivity index (χ4n) is 2.40. The van der Waals surface area contributed by atoms with E-state index in [9.17, 15) is 0 Å². The first kappa shape index (κ1) is 16.0. The minimum Gasteiger partial charge on any atom is -0.306 e. The predicted molar refractivity (Wildman–Crippen MR) is 98.3 cm³/mol. The van der Waals surface area contributed by atoms with Crippen LogP contribution in [0.5, 0.6) is 0 Å². The Morgan fingerprint density at radius 1 is 1.10 bits per heavy atom. The number of hydrogen-bond acceptors (Lipinski definition) is 1. The summed E-state index contributed by atoms with van der Waals surface area (Å²) in [4.78, 5) is 0. The second-order valence-corrected chi connectivity index (χ2v) is 7.12. The van der Waals surface area contributed by atoms with Gasteiger partial charge in [0, 0.05) is 8.04 Å². The zero-order valence-corrected chi connectivity index (χ0v) is 15.7. The van der Waals surface area contributed by atoms with E-state index in [0.717, 1.165) is 11.0 Å². The second kappa shape index (κ2) is 7.05. The summed E-state index contributed by atoms with van der Waals surface area (Å²) in [6.45, 7) is 7.42. The van der Waals surface area contributed by atoms with Gasteiger partial charge in [0.15, 0.2) is 0 Å². The van der Waals surface area contributed by atoms with Gasteiger partial charge < -0.3 is 5.32 Å². The zero-order valence-electron chi connectivity index (χ0n) is 12.0. The van der Waals surface area contributed by atoms with Gasteiger partial charge in [-0.1, -0.05) is 46.6 Å². The van der Waals surface area contributed by atoms with Crippen LogP contribution in [0.4, 0.5) is 0 Å². The highest BCUT2D eigenvalue weighted by Crippen LogP contribution is 2.32. The molecule has 106 valence electrons. The van der Waals surface area contributed by atoms with Gasteiger partial charge in [-0.3, -0.25) is 0 Å². The molecule has 0 saturated heterocycles. The van der Waals surface area contributed by atoms with Crippen molar-refractivity contribution in [2.24, 2.45) is 0 Å². The van der Waals surface area contributed by atoms with E-state index in [2.05, 4.69) is 101 Å². The van der Waals surface area contributed by atoms with Gasteiger partial charge in [0.25, 0.3) is 0 Å². The monoisotopic (exact) mass is 443 g/mol. The standard InChI is InChI=1S/C17H19BrIN/c1-4-20-17(14-9-11(2)5-6-12(14)3)15-10-13(19)7-8-16(15)18/h5-10,17,20H,4H2,1-3H3. The summed E-state index contributed by atoms with van der Waals surface area (Å²) in [5.74, 6) is 0. The molecule has 0 fully saturated rings. The Bertz CT molecular complexity index is 558. The third kappa shape index (κ3) is 3.62. The Balaban J connectivity index is 2.55. The summed E-state index contributed by atoms with van der Waals surface area (Å²) in [6, 6.07) is 13.4. The fourth-order valence-corrected chi connectivity index (χ4v) is 3.39. The lowest BCUT2D eigenvalue weighted by molar-refractivity contribution is 0.625. The maximum atomic E-state index is 3.70. The van der Waals surface area contributed by atoms with Crippen LogP contribution >= 0.6 is 38.5 Å². The molecule has 1 unspecified atom stereocenters. The molecule has 1 nitrogen and oxygen atoms in total. The lowest BCUT2D eigenvalue weighted by Crippen LogP contribution is -2.23. The lowest BCUT2D eigenvalue weighted by atomic mass is 9.93. The number of aryl methyl sites for hydroxylation is 2. The van der Waals surface area contributed by atoms with Crippen molar-refractivity contribution in [3.05, 3.63) is 66.7 Å². The van der Waals surface area contributed by atoms with E-state index in [1.165, 1.54) is 25.8 Å². The Labute approximate surface area is 143 Å². The topological polar surface area (TPSA) is 12.0 Å². The molecule has 0 saturated carbocycles. The molecule has 1 atom stereocenters. The van der Waals surface area contributed by atoms with Crippen molar-refractivity contribution in [3.8, 4) is 0 Å². The molecule has 0 amide bonds. The summed E-state index contributed by atoms with van der Waals surface area (Å²) in [6.07, 6.45) is 0. The average Bonchev–Trinajstić information content (AvgIpc) is 2.42. The number of halogens is 2. The van der Waals surface area contributed by atoms with Crippen LogP contribution in [0.1, 0.15) is 35.2 Å². The van der Waals surface area contributed by atoms with Crippen molar-refractivity contribution in [1.29, 1.82) is 0 Å². The van der Waals surface area contributed by atoms with E-state index < -0.39 is 0 Å². The van der Waals surface area contributed by atoms with Crippen LogP contribution in [0.2, 0.25) is 0 Å². The number of rotatable bonds is 4. The quantitative estimate of drug-likeness (QED) is 0.626. The first-order chi connectivity index (χ1) is 9.52. The highest BCUT2D eigenvalue weighted by atomic mass is 127. The minimum absolute atomic E-state index is 0.226. The molecule has 1 N–H and O–H groups in total. The van der Waals surface area contributed by atoms with E-state index in [0.29, 0.717) is 0 Å². The molecule has 0 aliphatic rings.